The third kappa shape index (κ3) is 2.81. The maximum atomic E-state index is 13.8. The predicted octanol–water partition coefficient (Wildman–Crippen LogP) is 2.71. The number of amides is 1. The van der Waals surface area contributed by atoms with Gasteiger partial charge in [-0.3, -0.25) is 4.79 Å². The minimum absolute atomic E-state index is 0.123. The maximum absolute atomic E-state index is 13.8. The lowest BCUT2D eigenvalue weighted by molar-refractivity contribution is 0.0752. The Kier molecular flexibility index (Phi) is 3.84. The van der Waals surface area contributed by atoms with Crippen molar-refractivity contribution in [2.45, 2.75) is 19.8 Å². The Morgan fingerprint density at radius 3 is 2.72 bits per heavy atom. The monoisotopic (exact) mass is 251 g/mol. The Balaban J connectivity index is 2.15. The van der Waals surface area contributed by atoms with Gasteiger partial charge in [0.1, 0.15) is 11.6 Å². The molecule has 98 valence electrons. The summed E-state index contributed by atoms with van der Waals surface area (Å²) in [5.41, 5.74) is 0.123. The first-order valence-corrected chi connectivity index (χ1v) is 6.28. The molecule has 0 aliphatic heterocycles. The van der Waals surface area contributed by atoms with Crippen molar-refractivity contribution in [1.29, 1.82) is 0 Å². The average Bonchev–Trinajstić information content (AvgIpc) is 3.19. The fraction of sp³-hybridized carbons (Fsp3) is 0.500. The quantitative estimate of drug-likeness (QED) is 0.805. The molecule has 1 saturated carbocycles. The summed E-state index contributed by atoms with van der Waals surface area (Å²) < 4.78 is 18.7. The fourth-order valence-corrected chi connectivity index (χ4v) is 1.93. The van der Waals surface area contributed by atoms with Gasteiger partial charge in [0.25, 0.3) is 5.91 Å². The summed E-state index contributed by atoms with van der Waals surface area (Å²) in [6.45, 7) is 3.27. The molecule has 0 saturated heterocycles. The second-order valence-corrected chi connectivity index (χ2v) is 4.63. The number of methoxy groups -OCH3 is 1. The lowest BCUT2D eigenvalue weighted by Gasteiger charge is -2.21. The molecule has 1 aliphatic rings. The highest BCUT2D eigenvalue weighted by Crippen LogP contribution is 2.30. The van der Waals surface area contributed by atoms with Crippen LogP contribution in [0.5, 0.6) is 5.75 Å². The molecule has 0 unspecified atom stereocenters. The molecule has 1 amide bonds. The second-order valence-electron chi connectivity index (χ2n) is 4.63. The third-order valence-corrected chi connectivity index (χ3v) is 3.25. The topological polar surface area (TPSA) is 29.5 Å². The van der Waals surface area contributed by atoms with Gasteiger partial charge in [0, 0.05) is 19.2 Å². The van der Waals surface area contributed by atoms with E-state index in [0.29, 0.717) is 18.2 Å². The van der Waals surface area contributed by atoms with E-state index in [1.165, 1.54) is 32.1 Å². The number of rotatable bonds is 5. The van der Waals surface area contributed by atoms with Crippen molar-refractivity contribution in [3.05, 3.63) is 29.6 Å². The van der Waals surface area contributed by atoms with Crippen molar-refractivity contribution in [2.24, 2.45) is 5.92 Å². The van der Waals surface area contributed by atoms with Gasteiger partial charge in [-0.1, -0.05) is 0 Å². The van der Waals surface area contributed by atoms with Crippen LogP contribution in [0.15, 0.2) is 18.2 Å². The number of hydrogen-bond acceptors (Lipinski definition) is 2. The smallest absolute Gasteiger partial charge is 0.256 e. The van der Waals surface area contributed by atoms with Crippen molar-refractivity contribution >= 4 is 5.91 Å². The summed E-state index contributed by atoms with van der Waals surface area (Å²) in [5.74, 6) is 0.280. The van der Waals surface area contributed by atoms with E-state index in [0.717, 1.165) is 6.54 Å². The number of carbonyl (C=O) groups excluding carboxylic acids is 1. The summed E-state index contributed by atoms with van der Waals surface area (Å²) in [6, 6.07) is 4.35. The lowest BCUT2D eigenvalue weighted by Crippen LogP contribution is -2.33. The van der Waals surface area contributed by atoms with Crippen LogP contribution in [0.1, 0.15) is 30.1 Å². The Labute approximate surface area is 107 Å². The van der Waals surface area contributed by atoms with Crippen molar-refractivity contribution in [1.82, 2.24) is 4.90 Å². The van der Waals surface area contributed by atoms with Crippen molar-refractivity contribution < 1.29 is 13.9 Å². The molecule has 2 rings (SSSR count). The molecule has 0 radical (unpaired) electrons. The lowest BCUT2D eigenvalue weighted by atomic mass is 10.1. The largest absolute Gasteiger partial charge is 0.497 e. The molecule has 1 fully saturated rings. The van der Waals surface area contributed by atoms with Gasteiger partial charge < -0.3 is 9.64 Å². The molecule has 1 aromatic carbocycles. The van der Waals surface area contributed by atoms with E-state index in [2.05, 4.69) is 0 Å². The van der Waals surface area contributed by atoms with Gasteiger partial charge in [-0.15, -0.1) is 0 Å². The van der Waals surface area contributed by atoms with Gasteiger partial charge in [-0.2, -0.15) is 0 Å². The third-order valence-electron chi connectivity index (χ3n) is 3.25. The van der Waals surface area contributed by atoms with Gasteiger partial charge in [-0.25, -0.2) is 4.39 Å². The molecule has 0 bridgehead atoms. The summed E-state index contributed by atoms with van der Waals surface area (Å²) in [4.78, 5) is 13.9. The summed E-state index contributed by atoms with van der Waals surface area (Å²) in [5, 5.41) is 0. The predicted molar refractivity (Wildman–Crippen MR) is 67.3 cm³/mol. The van der Waals surface area contributed by atoms with E-state index in [-0.39, 0.29) is 11.5 Å². The number of carbonyl (C=O) groups is 1. The minimum Gasteiger partial charge on any atom is -0.497 e. The van der Waals surface area contributed by atoms with E-state index < -0.39 is 5.82 Å². The van der Waals surface area contributed by atoms with Crippen LogP contribution in [0, 0.1) is 11.7 Å². The molecule has 3 nitrogen and oxygen atoms in total. The molecule has 0 spiro atoms. The molecular formula is C14H18FNO2. The summed E-state index contributed by atoms with van der Waals surface area (Å²) in [6.07, 6.45) is 2.35. The van der Waals surface area contributed by atoms with E-state index in [4.69, 9.17) is 4.74 Å². The second kappa shape index (κ2) is 5.38. The highest BCUT2D eigenvalue weighted by Gasteiger charge is 2.27. The van der Waals surface area contributed by atoms with E-state index in [1.807, 2.05) is 6.92 Å². The van der Waals surface area contributed by atoms with E-state index >= 15 is 0 Å². The highest BCUT2D eigenvalue weighted by atomic mass is 19.1. The Hall–Kier alpha value is -1.58. The Morgan fingerprint density at radius 2 is 2.22 bits per heavy atom. The zero-order valence-corrected chi connectivity index (χ0v) is 10.8. The van der Waals surface area contributed by atoms with E-state index in [1.54, 1.807) is 11.0 Å². The number of benzene rings is 1. The summed E-state index contributed by atoms with van der Waals surface area (Å²) >= 11 is 0. The van der Waals surface area contributed by atoms with Crippen LogP contribution in [-0.4, -0.2) is 31.0 Å². The highest BCUT2D eigenvalue weighted by molar-refractivity contribution is 5.94. The minimum atomic E-state index is -0.520. The number of hydrogen-bond donors (Lipinski definition) is 0. The maximum Gasteiger partial charge on any atom is 0.256 e. The zero-order chi connectivity index (χ0) is 13.1. The molecule has 18 heavy (non-hydrogen) atoms. The van der Waals surface area contributed by atoms with Crippen LogP contribution in [0.25, 0.3) is 0 Å². The van der Waals surface area contributed by atoms with Gasteiger partial charge >= 0.3 is 0 Å². The van der Waals surface area contributed by atoms with Gasteiger partial charge in [-0.05, 0) is 37.8 Å². The molecule has 4 heteroatoms. The summed E-state index contributed by atoms with van der Waals surface area (Å²) in [7, 11) is 1.47. The first-order chi connectivity index (χ1) is 8.65. The molecule has 0 heterocycles. The molecule has 1 aliphatic carbocycles. The van der Waals surface area contributed by atoms with Crippen molar-refractivity contribution in [2.75, 3.05) is 20.2 Å². The number of nitrogens with zero attached hydrogens (tertiary/aromatic N) is 1. The van der Waals surface area contributed by atoms with Crippen LogP contribution in [0.4, 0.5) is 4.39 Å². The van der Waals surface area contributed by atoms with Gasteiger partial charge in [0.15, 0.2) is 0 Å². The van der Waals surface area contributed by atoms with Crippen molar-refractivity contribution in [3.63, 3.8) is 0 Å². The van der Waals surface area contributed by atoms with Crippen molar-refractivity contribution in [3.8, 4) is 5.75 Å². The molecule has 0 aromatic heterocycles. The average molecular weight is 251 g/mol. The number of halogens is 1. The van der Waals surface area contributed by atoms with Crippen LogP contribution >= 0.6 is 0 Å². The molecule has 0 N–H and O–H groups in total. The molecule has 1 aromatic rings. The Bertz CT molecular complexity index is 443. The van der Waals surface area contributed by atoms with Crippen LogP contribution in [0.3, 0.4) is 0 Å². The van der Waals surface area contributed by atoms with E-state index in [9.17, 15) is 9.18 Å². The van der Waals surface area contributed by atoms with Gasteiger partial charge in [0.2, 0.25) is 0 Å². The van der Waals surface area contributed by atoms with Crippen LogP contribution in [-0.2, 0) is 0 Å². The molecular weight excluding hydrogens is 233 g/mol. The van der Waals surface area contributed by atoms with Gasteiger partial charge in [0.05, 0.1) is 12.7 Å². The Morgan fingerprint density at radius 1 is 1.50 bits per heavy atom. The first-order valence-electron chi connectivity index (χ1n) is 6.28. The first kappa shape index (κ1) is 12.9. The standard InChI is InChI=1S/C14H18FNO2/c1-3-16(9-10-4-5-10)14(17)12-7-6-11(18-2)8-13(12)15/h6-8,10H,3-5,9H2,1-2H3. The van der Waals surface area contributed by atoms with Crippen LogP contribution < -0.4 is 4.74 Å². The SMILES string of the molecule is CCN(CC1CC1)C(=O)c1ccc(OC)cc1F. The molecule has 0 atom stereocenters. The normalized spacial score (nSPS) is 14.4. The van der Waals surface area contributed by atoms with Crippen LogP contribution in [0.2, 0.25) is 0 Å². The number of ether oxygens (including phenoxy) is 1. The fourth-order valence-electron chi connectivity index (χ4n) is 1.93. The zero-order valence-electron chi connectivity index (χ0n) is 10.8.